The van der Waals surface area contributed by atoms with Crippen molar-refractivity contribution in [3.8, 4) is 5.75 Å². The summed E-state index contributed by atoms with van der Waals surface area (Å²) in [6.45, 7) is 7.65. The molecule has 8 heteroatoms. The van der Waals surface area contributed by atoms with Crippen LogP contribution in [-0.2, 0) is 14.8 Å². The number of anilines is 2. The number of halogens is 1. The smallest absolute Gasteiger partial charge is 0.265 e. The average molecular weight is 487 g/mol. The Labute approximate surface area is 200 Å². The van der Waals surface area contributed by atoms with Crippen LogP contribution in [0.3, 0.4) is 0 Å². The Morgan fingerprint density at radius 1 is 0.939 bits per heavy atom. The molecule has 3 aromatic rings. The molecule has 3 rings (SSSR count). The number of sulfonamides is 1. The second-order valence-corrected chi connectivity index (χ2v) is 9.96. The number of carbonyl (C=O) groups excluding carboxylic acids is 1. The number of carbonyl (C=O) groups is 1. The first-order valence-electron chi connectivity index (χ1n) is 10.5. The Kier molecular flexibility index (Phi) is 7.66. The Morgan fingerprint density at radius 2 is 1.61 bits per heavy atom. The third-order valence-corrected chi connectivity index (χ3v) is 6.91. The van der Waals surface area contributed by atoms with Gasteiger partial charge in [-0.1, -0.05) is 30.7 Å². The molecule has 2 N–H and O–H groups in total. The van der Waals surface area contributed by atoms with E-state index in [4.69, 9.17) is 16.3 Å². The van der Waals surface area contributed by atoms with Gasteiger partial charge >= 0.3 is 0 Å². The number of hydrogen-bond donors (Lipinski definition) is 2. The van der Waals surface area contributed by atoms with Crippen molar-refractivity contribution in [3.05, 3.63) is 82.4 Å². The standard InChI is InChI=1S/C25H27ClN2O4S/c1-5-24(32-21-11-7-16(2)18(4)14-21)25(29)27-20-9-12-22(13-10-20)33(30,31)28-23-15-19(26)8-6-17(23)3/h6-15,24,28H,5H2,1-4H3,(H,27,29)/t24-/m0/s1. The van der Waals surface area contributed by atoms with Crippen LogP contribution in [0.2, 0.25) is 5.02 Å². The molecule has 3 aromatic carbocycles. The Bertz CT molecular complexity index is 1260. The summed E-state index contributed by atoms with van der Waals surface area (Å²) in [6, 6.07) is 16.6. The van der Waals surface area contributed by atoms with E-state index < -0.39 is 16.1 Å². The van der Waals surface area contributed by atoms with Crippen LogP contribution in [0.1, 0.15) is 30.0 Å². The number of ether oxygens (including phenoxy) is 1. The van der Waals surface area contributed by atoms with Gasteiger partial charge in [0.25, 0.3) is 15.9 Å². The minimum atomic E-state index is -3.81. The monoisotopic (exact) mass is 486 g/mol. The maximum Gasteiger partial charge on any atom is 0.265 e. The number of benzene rings is 3. The normalized spacial score (nSPS) is 12.2. The molecule has 0 aliphatic heterocycles. The number of hydrogen-bond acceptors (Lipinski definition) is 4. The molecule has 0 bridgehead atoms. The molecule has 0 heterocycles. The summed E-state index contributed by atoms with van der Waals surface area (Å²) in [5.74, 6) is 0.322. The highest BCUT2D eigenvalue weighted by atomic mass is 35.5. The van der Waals surface area contributed by atoms with Crippen molar-refractivity contribution in [2.24, 2.45) is 0 Å². The highest BCUT2D eigenvalue weighted by Crippen LogP contribution is 2.24. The lowest BCUT2D eigenvalue weighted by Gasteiger charge is -2.18. The van der Waals surface area contributed by atoms with Crippen molar-refractivity contribution in [1.29, 1.82) is 0 Å². The van der Waals surface area contributed by atoms with Crippen LogP contribution in [0.4, 0.5) is 11.4 Å². The van der Waals surface area contributed by atoms with Gasteiger partial charge < -0.3 is 10.1 Å². The fourth-order valence-corrected chi connectivity index (χ4v) is 4.42. The molecule has 0 aliphatic rings. The van der Waals surface area contributed by atoms with Gasteiger partial charge in [-0.05, 0) is 92.4 Å². The average Bonchev–Trinajstić information content (AvgIpc) is 2.77. The molecule has 1 amide bonds. The zero-order valence-electron chi connectivity index (χ0n) is 19.0. The number of nitrogens with one attached hydrogen (secondary N) is 2. The third-order valence-electron chi connectivity index (χ3n) is 5.30. The van der Waals surface area contributed by atoms with Crippen molar-refractivity contribution >= 4 is 38.9 Å². The van der Waals surface area contributed by atoms with Crippen molar-refractivity contribution in [2.75, 3.05) is 10.0 Å². The van der Waals surface area contributed by atoms with Crippen LogP contribution in [0, 0.1) is 20.8 Å². The van der Waals surface area contributed by atoms with Gasteiger partial charge in [-0.2, -0.15) is 0 Å². The van der Waals surface area contributed by atoms with Crippen LogP contribution >= 0.6 is 11.6 Å². The fraction of sp³-hybridized carbons (Fsp3) is 0.240. The Hall–Kier alpha value is -3.03. The van der Waals surface area contributed by atoms with Gasteiger partial charge in [0, 0.05) is 10.7 Å². The van der Waals surface area contributed by atoms with Gasteiger partial charge in [-0.3, -0.25) is 9.52 Å². The van der Waals surface area contributed by atoms with E-state index >= 15 is 0 Å². The summed E-state index contributed by atoms with van der Waals surface area (Å²) in [6.07, 6.45) is -0.198. The van der Waals surface area contributed by atoms with Crippen molar-refractivity contribution in [2.45, 2.75) is 45.1 Å². The van der Waals surface area contributed by atoms with Gasteiger partial charge in [0.05, 0.1) is 10.6 Å². The van der Waals surface area contributed by atoms with E-state index in [9.17, 15) is 13.2 Å². The Balaban J connectivity index is 1.69. The molecule has 0 saturated carbocycles. The molecule has 0 unspecified atom stereocenters. The van der Waals surface area contributed by atoms with Crippen LogP contribution in [0.5, 0.6) is 5.75 Å². The first-order chi connectivity index (χ1) is 15.6. The molecule has 0 saturated heterocycles. The van der Waals surface area contributed by atoms with Gasteiger partial charge in [0.1, 0.15) is 5.75 Å². The van der Waals surface area contributed by atoms with E-state index in [-0.39, 0.29) is 10.8 Å². The summed E-state index contributed by atoms with van der Waals surface area (Å²) in [7, 11) is -3.81. The fourth-order valence-electron chi connectivity index (χ4n) is 3.12. The molecule has 0 radical (unpaired) electrons. The lowest BCUT2D eigenvalue weighted by Crippen LogP contribution is -2.32. The SMILES string of the molecule is CC[C@H](Oc1ccc(C)c(C)c1)C(=O)Nc1ccc(S(=O)(=O)Nc2cc(Cl)ccc2C)cc1. The van der Waals surface area contributed by atoms with Gasteiger partial charge in [0.2, 0.25) is 0 Å². The number of rotatable bonds is 8. The maximum absolute atomic E-state index is 12.7. The molecule has 0 spiro atoms. The molecule has 33 heavy (non-hydrogen) atoms. The van der Waals surface area contributed by atoms with E-state index in [1.807, 2.05) is 39.0 Å². The van der Waals surface area contributed by atoms with E-state index in [0.29, 0.717) is 28.6 Å². The minimum absolute atomic E-state index is 0.0679. The zero-order chi connectivity index (χ0) is 24.2. The topological polar surface area (TPSA) is 84.5 Å². The van der Waals surface area contributed by atoms with Crippen molar-refractivity contribution in [3.63, 3.8) is 0 Å². The number of amides is 1. The van der Waals surface area contributed by atoms with Gasteiger partial charge in [-0.25, -0.2) is 8.42 Å². The van der Waals surface area contributed by atoms with E-state index in [1.54, 1.807) is 37.3 Å². The van der Waals surface area contributed by atoms with Crippen LogP contribution in [-0.4, -0.2) is 20.4 Å². The quantitative estimate of drug-likeness (QED) is 0.417. The van der Waals surface area contributed by atoms with E-state index in [1.165, 1.54) is 12.1 Å². The second-order valence-electron chi connectivity index (χ2n) is 7.84. The molecule has 6 nitrogen and oxygen atoms in total. The first kappa shape index (κ1) is 24.6. The van der Waals surface area contributed by atoms with Crippen LogP contribution in [0.25, 0.3) is 0 Å². The lowest BCUT2D eigenvalue weighted by atomic mass is 10.1. The molecular weight excluding hydrogens is 460 g/mol. The lowest BCUT2D eigenvalue weighted by molar-refractivity contribution is -0.122. The molecule has 174 valence electrons. The molecule has 0 fully saturated rings. The summed E-state index contributed by atoms with van der Waals surface area (Å²) in [4.78, 5) is 12.8. The highest BCUT2D eigenvalue weighted by molar-refractivity contribution is 7.92. The van der Waals surface area contributed by atoms with Crippen LogP contribution in [0.15, 0.2) is 65.6 Å². The zero-order valence-corrected chi connectivity index (χ0v) is 20.5. The molecule has 1 atom stereocenters. The van der Waals surface area contributed by atoms with E-state index in [0.717, 1.165) is 16.7 Å². The molecular formula is C25H27ClN2O4S. The molecule has 0 aromatic heterocycles. The summed E-state index contributed by atoms with van der Waals surface area (Å²) < 4.78 is 33.9. The predicted octanol–water partition coefficient (Wildman–Crippen LogP) is 5.86. The third kappa shape index (κ3) is 6.27. The minimum Gasteiger partial charge on any atom is -0.481 e. The van der Waals surface area contributed by atoms with Crippen LogP contribution < -0.4 is 14.8 Å². The predicted molar refractivity (Wildman–Crippen MR) is 133 cm³/mol. The summed E-state index contributed by atoms with van der Waals surface area (Å²) >= 11 is 5.98. The van der Waals surface area contributed by atoms with E-state index in [2.05, 4.69) is 10.0 Å². The Morgan fingerprint density at radius 3 is 2.24 bits per heavy atom. The highest BCUT2D eigenvalue weighted by Gasteiger charge is 2.20. The summed E-state index contributed by atoms with van der Waals surface area (Å²) in [5, 5.41) is 3.22. The van der Waals surface area contributed by atoms with Crippen molar-refractivity contribution in [1.82, 2.24) is 0 Å². The maximum atomic E-state index is 12.7. The second kappa shape index (κ2) is 10.3. The van der Waals surface area contributed by atoms with Crippen molar-refractivity contribution < 1.29 is 17.9 Å². The summed E-state index contributed by atoms with van der Waals surface area (Å²) in [5.41, 5.74) is 3.87. The van der Waals surface area contributed by atoms with Gasteiger partial charge in [-0.15, -0.1) is 0 Å². The molecule has 0 aliphatic carbocycles. The number of aryl methyl sites for hydroxylation is 3. The largest absolute Gasteiger partial charge is 0.481 e. The first-order valence-corrected chi connectivity index (χ1v) is 12.4. The van der Waals surface area contributed by atoms with Gasteiger partial charge in [0.15, 0.2) is 6.10 Å².